The smallest absolute Gasteiger partial charge is 0.0202 e. The standard InChI is InChI=1S/C13H28N2S/c1-10(2)11-5-6-12(14)13(9-11)16-8-7-15(3)4/h10-13H,5-9,14H2,1-4H3. The van der Waals surface area contributed by atoms with Crippen LogP contribution < -0.4 is 5.73 Å². The van der Waals surface area contributed by atoms with Crippen LogP contribution in [0.3, 0.4) is 0 Å². The highest BCUT2D eigenvalue weighted by Crippen LogP contribution is 2.35. The summed E-state index contributed by atoms with van der Waals surface area (Å²) in [7, 11) is 4.27. The Hall–Kier alpha value is 0.270. The van der Waals surface area contributed by atoms with Gasteiger partial charge in [0.1, 0.15) is 0 Å². The number of hydrogen-bond donors (Lipinski definition) is 1. The fraction of sp³-hybridized carbons (Fsp3) is 1.00. The molecule has 3 atom stereocenters. The molecule has 1 fully saturated rings. The van der Waals surface area contributed by atoms with E-state index >= 15 is 0 Å². The summed E-state index contributed by atoms with van der Waals surface area (Å²) in [5.74, 6) is 2.94. The first kappa shape index (κ1) is 14.3. The molecule has 0 saturated heterocycles. The predicted octanol–water partition coefficient (Wildman–Crippen LogP) is 2.43. The van der Waals surface area contributed by atoms with Crippen molar-refractivity contribution < 1.29 is 0 Å². The first-order valence-electron chi connectivity index (χ1n) is 6.52. The van der Waals surface area contributed by atoms with E-state index in [1.54, 1.807) is 0 Å². The molecule has 0 aromatic carbocycles. The molecule has 1 rings (SSSR count). The van der Waals surface area contributed by atoms with E-state index < -0.39 is 0 Å². The van der Waals surface area contributed by atoms with Crippen LogP contribution in [0.4, 0.5) is 0 Å². The Balaban J connectivity index is 2.32. The largest absolute Gasteiger partial charge is 0.327 e. The van der Waals surface area contributed by atoms with Crippen molar-refractivity contribution in [2.24, 2.45) is 17.6 Å². The molecule has 0 bridgehead atoms. The molecule has 2 nitrogen and oxygen atoms in total. The third-order valence-corrected chi connectivity index (χ3v) is 5.09. The van der Waals surface area contributed by atoms with E-state index in [1.807, 2.05) is 0 Å². The number of nitrogens with zero attached hydrogens (tertiary/aromatic N) is 1. The van der Waals surface area contributed by atoms with Crippen LogP contribution in [0.5, 0.6) is 0 Å². The normalized spacial score (nSPS) is 31.3. The zero-order valence-corrected chi connectivity index (χ0v) is 12.1. The lowest BCUT2D eigenvalue weighted by Crippen LogP contribution is -2.40. The van der Waals surface area contributed by atoms with E-state index in [0.29, 0.717) is 11.3 Å². The summed E-state index contributed by atoms with van der Waals surface area (Å²) in [6.07, 6.45) is 3.89. The monoisotopic (exact) mass is 244 g/mol. The van der Waals surface area contributed by atoms with Gasteiger partial charge in [0.25, 0.3) is 0 Å². The van der Waals surface area contributed by atoms with Crippen LogP contribution in [0.15, 0.2) is 0 Å². The third kappa shape index (κ3) is 4.64. The van der Waals surface area contributed by atoms with Gasteiger partial charge < -0.3 is 10.6 Å². The Kier molecular flexibility index (Phi) is 6.16. The highest BCUT2D eigenvalue weighted by molar-refractivity contribution is 8.00. The summed E-state index contributed by atoms with van der Waals surface area (Å²) in [5, 5.41) is 0.695. The Morgan fingerprint density at radius 2 is 2.00 bits per heavy atom. The van der Waals surface area contributed by atoms with Gasteiger partial charge >= 0.3 is 0 Å². The van der Waals surface area contributed by atoms with E-state index in [-0.39, 0.29) is 0 Å². The molecule has 0 spiro atoms. The fourth-order valence-electron chi connectivity index (χ4n) is 2.37. The van der Waals surface area contributed by atoms with Crippen LogP contribution in [0, 0.1) is 11.8 Å². The maximum atomic E-state index is 6.22. The molecule has 0 aliphatic heterocycles. The summed E-state index contributed by atoms with van der Waals surface area (Å²) < 4.78 is 0. The second kappa shape index (κ2) is 6.87. The zero-order valence-electron chi connectivity index (χ0n) is 11.3. The van der Waals surface area contributed by atoms with E-state index in [1.165, 1.54) is 31.6 Å². The fourth-order valence-corrected chi connectivity index (χ4v) is 3.91. The molecular formula is C13H28N2S. The van der Waals surface area contributed by atoms with Crippen molar-refractivity contribution in [1.82, 2.24) is 4.90 Å². The topological polar surface area (TPSA) is 29.3 Å². The summed E-state index contributed by atoms with van der Waals surface area (Å²) in [6.45, 7) is 5.87. The lowest BCUT2D eigenvalue weighted by molar-refractivity contribution is 0.266. The minimum Gasteiger partial charge on any atom is -0.327 e. The first-order valence-corrected chi connectivity index (χ1v) is 7.57. The molecule has 1 saturated carbocycles. The van der Waals surface area contributed by atoms with Crippen LogP contribution in [0.1, 0.15) is 33.1 Å². The molecule has 1 aliphatic rings. The van der Waals surface area contributed by atoms with Crippen LogP contribution in [0.25, 0.3) is 0 Å². The summed E-state index contributed by atoms with van der Waals surface area (Å²) in [5.41, 5.74) is 6.22. The van der Waals surface area contributed by atoms with E-state index in [9.17, 15) is 0 Å². The lowest BCUT2D eigenvalue weighted by Gasteiger charge is -2.35. The number of hydrogen-bond acceptors (Lipinski definition) is 3. The van der Waals surface area contributed by atoms with Crippen LogP contribution >= 0.6 is 11.8 Å². The molecule has 3 heteroatoms. The Labute approximate surface area is 105 Å². The van der Waals surface area contributed by atoms with Crippen molar-refractivity contribution in [3.05, 3.63) is 0 Å². The van der Waals surface area contributed by atoms with Gasteiger partial charge in [-0.3, -0.25) is 0 Å². The summed E-state index contributed by atoms with van der Waals surface area (Å²) in [4.78, 5) is 2.25. The molecule has 96 valence electrons. The van der Waals surface area contributed by atoms with E-state index in [0.717, 1.165) is 11.8 Å². The first-order chi connectivity index (χ1) is 7.50. The van der Waals surface area contributed by atoms with Gasteiger partial charge in [0.2, 0.25) is 0 Å². The zero-order chi connectivity index (χ0) is 12.1. The molecule has 0 aromatic heterocycles. The minimum absolute atomic E-state index is 0.433. The molecule has 2 N–H and O–H groups in total. The van der Waals surface area contributed by atoms with Gasteiger partial charge in [-0.1, -0.05) is 13.8 Å². The Morgan fingerprint density at radius 3 is 2.56 bits per heavy atom. The summed E-state index contributed by atoms with van der Waals surface area (Å²) in [6, 6.07) is 0.433. The molecule has 0 amide bonds. The van der Waals surface area contributed by atoms with Gasteiger partial charge in [-0.2, -0.15) is 11.8 Å². The summed E-state index contributed by atoms with van der Waals surface area (Å²) >= 11 is 2.09. The molecule has 3 unspecified atom stereocenters. The van der Waals surface area contributed by atoms with Crippen molar-refractivity contribution in [2.75, 3.05) is 26.4 Å². The minimum atomic E-state index is 0.433. The predicted molar refractivity (Wildman–Crippen MR) is 75.0 cm³/mol. The lowest BCUT2D eigenvalue weighted by atomic mass is 9.79. The molecule has 16 heavy (non-hydrogen) atoms. The Morgan fingerprint density at radius 1 is 1.31 bits per heavy atom. The number of thioether (sulfide) groups is 1. The Bertz CT molecular complexity index is 194. The van der Waals surface area contributed by atoms with Gasteiger partial charge in [-0.15, -0.1) is 0 Å². The SMILES string of the molecule is CC(C)C1CCC(N)C(SCCN(C)C)C1. The highest BCUT2D eigenvalue weighted by atomic mass is 32.2. The average Bonchev–Trinajstić information content (AvgIpc) is 2.20. The van der Waals surface area contributed by atoms with Crippen molar-refractivity contribution in [3.8, 4) is 0 Å². The van der Waals surface area contributed by atoms with Crippen LogP contribution in [0.2, 0.25) is 0 Å². The number of nitrogens with two attached hydrogens (primary N) is 1. The van der Waals surface area contributed by atoms with Crippen molar-refractivity contribution >= 4 is 11.8 Å². The molecule has 0 aromatic rings. The van der Waals surface area contributed by atoms with Crippen molar-refractivity contribution in [2.45, 2.75) is 44.4 Å². The van der Waals surface area contributed by atoms with Gasteiger partial charge in [0.15, 0.2) is 0 Å². The molecule has 0 heterocycles. The van der Waals surface area contributed by atoms with Crippen LogP contribution in [-0.2, 0) is 0 Å². The van der Waals surface area contributed by atoms with Crippen LogP contribution in [-0.4, -0.2) is 42.6 Å². The van der Waals surface area contributed by atoms with Gasteiger partial charge in [0, 0.05) is 23.6 Å². The van der Waals surface area contributed by atoms with Gasteiger partial charge in [-0.05, 0) is 45.2 Å². The quantitative estimate of drug-likeness (QED) is 0.805. The maximum Gasteiger partial charge on any atom is 0.0202 e. The highest BCUT2D eigenvalue weighted by Gasteiger charge is 2.29. The molecule has 0 radical (unpaired) electrons. The van der Waals surface area contributed by atoms with E-state index in [2.05, 4.69) is 44.6 Å². The molecule has 1 aliphatic carbocycles. The molecular weight excluding hydrogens is 216 g/mol. The second-order valence-corrected chi connectivity index (χ2v) is 7.04. The average molecular weight is 244 g/mol. The van der Waals surface area contributed by atoms with Crippen molar-refractivity contribution in [3.63, 3.8) is 0 Å². The maximum absolute atomic E-state index is 6.22. The number of rotatable bonds is 5. The third-order valence-electron chi connectivity index (χ3n) is 3.70. The van der Waals surface area contributed by atoms with Gasteiger partial charge in [-0.25, -0.2) is 0 Å². The van der Waals surface area contributed by atoms with Gasteiger partial charge in [0.05, 0.1) is 0 Å². The van der Waals surface area contributed by atoms with E-state index in [4.69, 9.17) is 5.73 Å². The van der Waals surface area contributed by atoms with Crippen molar-refractivity contribution in [1.29, 1.82) is 0 Å². The second-order valence-electron chi connectivity index (χ2n) is 5.69.